The van der Waals surface area contributed by atoms with Gasteiger partial charge >= 0.3 is 0 Å². The van der Waals surface area contributed by atoms with Crippen molar-refractivity contribution >= 4 is 33.2 Å². The molecule has 0 spiro atoms. The zero-order valence-corrected chi connectivity index (χ0v) is 12.3. The first-order valence-corrected chi connectivity index (χ1v) is 7.70. The minimum Gasteiger partial charge on any atom is -0.335 e. The molecule has 4 nitrogen and oxygen atoms in total. The highest BCUT2D eigenvalue weighted by Crippen LogP contribution is 2.16. The number of thiazole rings is 1. The third-order valence-electron chi connectivity index (χ3n) is 3.00. The lowest BCUT2D eigenvalue weighted by Crippen LogP contribution is -2.49. The quantitative estimate of drug-likeness (QED) is 0.795. The van der Waals surface area contributed by atoms with Gasteiger partial charge in [-0.25, -0.2) is 4.98 Å². The van der Waals surface area contributed by atoms with E-state index >= 15 is 0 Å². The molecule has 2 heterocycles. The minimum atomic E-state index is 0.142. The highest BCUT2D eigenvalue weighted by molar-refractivity contribution is 9.09. The maximum absolute atomic E-state index is 12.2. The van der Waals surface area contributed by atoms with Gasteiger partial charge < -0.3 is 4.90 Å². The number of amides is 1. The van der Waals surface area contributed by atoms with Gasteiger partial charge in [0.2, 0.25) is 0 Å². The van der Waals surface area contributed by atoms with Crippen molar-refractivity contribution in [2.75, 3.05) is 38.1 Å². The van der Waals surface area contributed by atoms with Crippen LogP contribution in [-0.2, 0) is 0 Å². The van der Waals surface area contributed by atoms with Gasteiger partial charge in [0.1, 0.15) is 4.88 Å². The van der Waals surface area contributed by atoms with Crippen molar-refractivity contribution in [3.8, 4) is 0 Å². The number of hydrogen-bond acceptors (Lipinski definition) is 4. The maximum Gasteiger partial charge on any atom is 0.265 e. The third-order valence-corrected chi connectivity index (χ3v) is 4.27. The first-order valence-electron chi connectivity index (χ1n) is 5.70. The molecule has 1 aliphatic heterocycles. The number of piperazine rings is 1. The van der Waals surface area contributed by atoms with E-state index in [4.69, 9.17) is 0 Å². The molecule has 2 rings (SSSR count). The molecule has 0 saturated carbocycles. The number of rotatable bonds is 3. The summed E-state index contributed by atoms with van der Waals surface area (Å²) in [6.45, 7) is 6.53. The van der Waals surface area contributed by atoms with Gasteiger partial charge in [-0.1, -0.05) is 15.9 Å². The van der Waals surface area contributed by atoms with Gasteiger partial charge in [0.05, 0.1) is 11.2 Å². The number of halogens is 1. The van der Waals surface area contributed by atoms with Crippen LogP contribution >= 0.6 is 27.3 Å². The Morgan fingerprint density at radius 2 is 2.18 bits per heavy atom. The largest absolute Gasteiger partial charge is 0.335 e. The molecular weight excluding hydrogens is 302 g/mol. The fourth-order valence-electron chi connectivity index (χ4n) is 1.94. The molecule has 1 aliphatic rings. The number of nitrogens with zero attached hydrogens (tertiary/aromatic N) is 3. The van der Waals surface area contributed by atoms with E-state index in [2.05, 4.69) is 25.8 Å². The normalized spacial score (nSPS) is 17.4. The molecular formula is C11H16BrN3OS. The lowest BCUT2D eigenvalue weighted by atomic mass is 10.3. The van der Waals surface area contributed by atoms with Crippen LogP contribution < -0.4 is 0 Å². The number of aryl methyl sites for hydroxylation is 1. The predicted octanol–water partition coefficient (Wildman–Crippen LogP) is 1.60. The van der Waals surface area contributed by atoms with Crippen LogP contribution in [0.15, 0.2) is 5.51 Å². The van der Waals surface area contributed by atoms with Crippen LogP contribution in [0, 0.1) is 6.92 Å². The Bertz CT molecular complexity index is 388. The zero-order chi connectivity index (χ0) is 12.3. The van der Waals surface area contributed by atoms with E-state index in [1.807, 2.05) is 11.8 Å². The van der Waals surface area contributed by atoms with E-state index in [-0.39, 0.29) is 5.91 Å². The van der Waals surface area contributed by atoms with Gasteiger partial charge in [0, 0.05) is 38.1 Å². The van der Waals surface area contributed by atoms with Gasteiger partial charge in [-0.05, 0) is 6.92 Å². The fraction of sp³-hybridized carbons (Fsp3) is 0.636. The standard InChI is InChI=1S/C11H16BrN3OS/c1-9-10(17-8-13-9)11(16)15-6-4-14(3-2-12)5-7-15/h8H,2-7H2,1H3. The topological polar surface area (TPSA) is 36.4 Å². The Balaban J connectivity index is 1.93. The van der Waals surface area contributed by atoms with E-state index in [0.29, 0.717) is 0 Å². The zero-order valence-electron chi connectivity index (χ0n) is 9.86. The molecule has 1 fully saturated rings. The van der Waals surface area contributed by atoms with Crippen LogP contribution in [-0.4, -0.2) is 58.7 Å². The number of hydrogen-bond donors (Lipinski definition) is 0. The molecule has 1 aromatic rings. The smallest absolute Gasteiger partial charge is 0.265 e. The monoisotopic (exact) mass is 317 g/mol. The lowest BCUT2D eigenvalue weighted by molar-refractivity contribution is 0.0649. The van der Waals surface area contributed by atoms with E-state index in [0.717, 1.165) is 48.6 Å². The molecule has 1 amide bonds. The van der Waals surface area contributed by atoms with Crippen LogP contribution in [0.25, 0.3) is 0 Å². The van der Waals surface area contributed by atoms with Crippen molar-refractivity contribution in [1.82, 2.24) is 14.8 Å². The van der Waals surface area contributed by atoms with E-state index in [1.165, 1.54) is 11.3 Å². The van der Waals surface area contributed by atoms with Crippen molar-refractivity contribution in [1.29, 1.82) is 0 Å². The van der Waals surface area contributed by atoms with E-state index < -0.39 is 0 Å². The molecule has 0 aliphatic carbocycles. The molecule has 0 atom stereocenters. The number of carbonyl (C=O) groups excluding carboxylic acids is 1. The molecule has 0 bridgehead atoms. The van der Waals surface area contributed by atoms with Crippen molar-refractivity contribution in [3.05, 3.63) is 16.1 Å². The lowest BCUT2D eigenvalue weighted by Gasteiger charge is -2.34. The number of alkyl halides is 1. The summed E-state index contributed by atoms with van der Waals surface area (Å²) in [7, 11) is 0. The SMILES string of the molecule is Cc1ncsc1C(=O)N1CCN(CCBr)CC1. The second-order valence-electron chi connectivity index (χ2n) is 4.09. The second-order valence-corrected chi connectivity index (χ2v) is 5.74. The molecule has 0 N–H and O–H groups in total. The van der Waals surface area contributed by atoms with Crippen LogP contribution in [0.1, 0.15) is 15.4 Å². The highest BCUT2D eigenvalue weighted by Gasteiger charge is 2.23. The first-order chi connectivity index (χ1) is 8.22. The molecule has 0 radical (unpaired) electrons. The van der Waals surface area contributed by atoms with Crippen molar-refractivity contribution in [3.63, 3.8) is 0 Å². The maximum atomic E-state index is 12.2. The van der Waals surface area contributed by atoms with Crippen LogP contribution in [0.3, 0.4) is 0 Å². The van der Waals surface area contributed by atoms with Crippen molar-refractivity contribution in [2.45, 2.75) is 6.92 Å². The Morgan fingerprint density at radius 3 is 2.71 bits per heavy atom. The summed E-state index contributed by atoms with van der Waals surface area (Å²) in [6, 6.07) is 0. The van der Waals surface area contributed by atoms with Crippen molar-refractivity contribution in [2.24, 2.45) is 0 Å². The van der Waals surface area contributed by atoms with Gasteiger partial charge in [0.15, 0.2) is 0 Å². The molecule has 0 aromatic carbocycles. The highest BCUT2D eigenvalue weighted by atomic mass is 79.9. The summed E-state index contributed by atoms with van der Waals surface area (Å²) in [6.07, 6.45) is 0. The summed E-state index contributed by atoms with van der Waals surface area (Å²) in [5, 5.41) is 0.995. The molecule has 1 saturated heterocycles. The van der Waals surface area contributed by atoms with Gasteiger partial charge in [-0.15, -0.1) is 11.3 Å². The van der Waals surface area contributed by atoms with Crippen LogP contribution in [0.5, 0.6) is 0 Å². The second kappa shape index (κ2) is 5.93. The average molecular weight is 318 g/mol. The predicted molar refractivity (Wildman–Crippen MR) is 73.0 cm³/mol. The van der Waals surface area contributed by atoms with Gasteiger partial charge in [-0.3, -0.25) is 9.69 Å². The Morgan fingerprint density at radius 1 is 1.47 bits per heavy atom. The van der Waals surface area contributed by atoms with E-state index in [9.17, 15) is 4.79 Å². The molecule has 1 aromatic heterocycles. The summed E-state index contributed by atoms with van der Waals surface area (Å²) in [5.74, 6) is 0.142. The third kappa shape index (κ3) is 3.05. The summed E-state index contributed by atoms with van der Waals surface area (Å²) in [5.41, 5.74) is 2.59. The number of carbonyl (C=O) groups is 1. The van der Waals surface area contributed by atoms with Gasteiger partial charge in [-0.2, -0.15) is 0 Å². The average Bonchev–Trinajstić information content (AvgIpc) is 2.76. The summed E-state index contributed by atoms with van der Waals surface area (Å²) in [4.78, 5) is 21.4. The Kier molecular flexibility index (Phi) is 4.53. The molecule has 6 heteroatoms. The molecule has 94 valence electrons. The fourth-order valence-corrected chi connectivity index (χ4v) is 3.22. The van der Waals surface area contributed by atoms with E-state index in [1.54, 1.807) is 5.51 Å². The van der Waals surface area contributed by atoms with Gasteiger partial charge in [0.25, 0.3) is 5.91 Å². The number of aromatic nitrogens is 1. The summed E-state index contributed by atoms with van der Waals surface area (Å²) >= 11 is 4.88. The van der Waals surface area contributed by atoms with Crippen molar-refractivity contribution < 1.29 is 4.79 Å². The Labute approximate surface area is 114 Å². The first kappa shape index (κ1) is 13.0. The molecule has 17 heavy (non-hydrogen) atoms. The summed E-state index contributed by atoms with van der Waals surface area (Å²) < 4.78 is 0. The van der Waals surface area contributed by atoms with Crippen LogP contribution in [0.4, 0.5) is 0 Å². The Hall–Kier alpha value is -0.460. The minimum absolute atomic E-state index is 0.142. The molecule has 0 unspecified atom stereocenters. The van der Waals surface area contributed by atoms with Crippen LogP contribution in [0.2, 0.25) is 0 Å².